The zero-order chi connectivity index (χ0) is 12.0. The van der Waals surface area contributed by atoms with E-state index in [1.54, 1.807) is 5.57 Å². The first-order valence-electron chi connectivity index (χ1n) is 7.02. The largest absolute Gasteiger partial charge is 0.0707 e. The summed E-state index contributed by atoms with van der Waals surface area (Å²) in [7, 11) is -0.895. The number of hydrogen-bond acceptors (Lipinski definition) is 0. The fourth-order valence-corrected chi connectivity index (χ4v) is 6.00. The van der Waals surface area contributed by atoms with E-state index in [1.807, 2.05) is 5.57 Å². The van der Waals surface area contributed by atoms with Gasteiger partial charge in [-0.2, -0.15) is 0 Å². The minimum Gasteiger partial charge on any atom is -0.0707 e. The highest BCUT2D eigenvalue weighted by Gasteiger charge is 2.42. The van der Waals surface area contributed by atoms with E-state index >= 15 is 0 Å². The average molecular weight is 236 g/mol. The SMILES string of the molecule is CC1=C2CCCC[C@]2(C)C[C@H]1C[Si](C)(C)C. The highest BCUT2D eigenvalue weighted by Crippen LogP contribution is 2.55. The Morgan fingerprint density at radius 3 is 2.50 bits per heavy atom. The molecule has 1 fully saturated rings. The van der Waals surface area contributed by atoms with Gasteiger partial charge >= 0.3 is 0 Å². The Morgan fingerprint density at radius 2 is 1.94 bits per heavy atom. The van der Waals surface area contributed by atoms with Crippen LogP contribution in [0.25, 0.3) is 0 Å². The average Bonchev–Trinajstić information content (AvgIpc) is 2.36. The monoisotopic (exact) mass is 236 g/mol. The molecule has 92 valence electrons. The van der Waals surface area contributed by atoms with Crippen molar-refractivity contribution in [3.8, 4) is 0 Å². The molecule has 0 N–H and O–H groups in total. The normalized spacial score (nSPS) is 35.4. The standard InChI is InChI=1S/C15H28Si/c1-12-13(11-16(3,4)5)10-15(2)9-7-6-8-14(12)15/h13H,6-11H2,1-5H3/t13-,15+/m0/s1. The molecule has 16 heavy (non-hydrogen) atoms. The molecule has 0 aromatic rings. The molecule has 0 nitrogen and oxygen atoms in total. The number of hydrogen-bond donors (Lipinski definition) is 0. The molecule has 2 aliphatic carbocycles. The first-order valence-corrected chi connectivity index (χ1v) is 10.7. The van der Waals surface area contributed by atoms with E-state index in [2.05, 4.69) is 33.5 Å². The van der Waals surface area contributed by atoms with Gasteiger partial charge in [0.15, 0.2) is 0 Å². The summed E-state index contributed by atoms with van der Waals surface area (Å²) in [5.74, 6) is 0.935. The van der Waals surface area contributed by atoms with E-state index in [9.17, 15) is 0 Å². The molecule has 0 spiro atoms. The Balaban J connectivity index is 2.18. The molecule has 1 saturated carbocycles. The topological polar surface area (TPSA) is 0 Å². The minimum atomic E-state index is -0.895. The van der Waals surface area contributed by atoms with Crippen LogP contribution in [0.1, 0.15) is 46.0 Å². The summed E-state index contributed by atoms with van der Waals surface area (Å²) in [5.41, 5.74) is 4.26. The molecule has 0 amide bonds. The first-order chi connectivity index (χ1) is 7.32. The van der Waals surface area contributed by atoms with E-state index < -0.39 is 8.07 Å². The van der Waals surface area contributed by atoms with Crippen LogP contribution in [0.2, 0.25) is 25.7 Å². The third-order valence-corrected chi connectivity index (χ3v) is 6.50. The smallest absolute Gasteiger partial charge is 0.0448 e. The van der Waals surface area contributed by atoms with E-state index in [0.29, 0.717) is 5.41 Å². The van der Waals surface area contributed by atoms with Crippen LogP contribution in [0.4, 0.5) is 0 Å². The van der Waals surface area contributed by atoms with Crippen LogP contribution < -0.4 is 0 Å². The zero-order valence-corrected chi connectivity index (χ0v) is 12.8. The maximum Gasteiger partial charge on any atom is 0.0448 e. The molecule has 0 aromatic carbocycles. The number of rotatable bonds is 2. The molecule has 0 unspecified atom stereocenters. The van der Waals surface area contributed by atoms with Gasteiger partial charge < -0.3 is 0 Å². The van der Waals surface area contributed by atoms with Crippen molar-refractivity contribution in [2.75, 3.05) is 0 Å². The van der Waals surface area contributed by atoms with Crippen LogP contribution in [0.3, 0.4) is 0 Å². The Hall–Kier alpha value is -0.0431. The molecule has 0 radical (unpaired) electrons. The van der Waals surface area contributed by atoms with E-state index in [-0.39, 0.29) is 0 Å². The summed E-state index contributed by atoms with van der Waals surface area (Å²) in [5, 5.41) is 0. The van der Waals surface area contributed by atoms with Gasteiger partial charge in [0.05, 0.1) is 0 Å². The van der Waals surface area contributed by atoms with Gasteiger partial charge in [-0.1, -0.05) is 50.2 Å². The lowest BCUT2D eigenvalue weighted by Crippen LogP contribution is -2.25. The predicted octanol–water partition coefficient (Wildman–Crippen LogP) is 5.24. The third-order valence-electron chi connectivity index (χ3n) is 4.78. The lowest BCUT2D eigenvalue weighted by Gasteiger charge is -2.33. The second-order valence-corrected chi connectivity index (χ2v) is 13.1. The minimum absolute atomic E-state index is 0.604. The summed E-state index contributed by atoms with van der Waals surface area (Å²) in [6.07, 6.45) is 7.25. The number of allylic oxidation sites excluding steroid dienone is 2. The molecule has 1 heteroatoms. The molecule has 2 atom stereocenters. The van der Waals surface area contributed by atoms with Crippen LogP contribution in [0, 0.1) is 11.3 Å². The van der Waals surface area contributed by atoms with Crippen molar-refractivity contribution >= 4 is 8.07 Å². The van der Waals surface area contributed by atoms with Crippen molar-refractivity contribution in [3.05, 3.63) is 11.1 Å². The van der Waals surface area contributed by atoms with Crippen molar-refractivity contribution in [2.24, 2.45) is 11.3 Å². The third kappa shape index (κ3) is 2.29. The van der Waals surface area contributed by atoms with Gasteiger partial charge in [0.1, 0.15) is 0 Å². The van der Waals surface area contributed by atoms with Crippen molar-refractivity contribution in [2.45, 2.75) is 71.6 Å². The quantitative estimate of drug-likeness (QED) is 0.454. The maximum absolute atomic E-state index is 2.54. The van der Waals surface area contributed by atoms with Crippen molar-refractivity contribution in [1.29, 1.82) is 0 Å². The molecule has 0 bridgehead atoms. The Kier molecular flexibility index (Phi) is 3.11. The van der Waals surface area contributed by atoms with Crippen LogP contribution in [0.5, 0.6) is 0 Å². The molecule has 0 heterocycles. The van der Waals surface area contributed by atoms with E-state index in [0.717, 1.165) is 5.92 Å². The summed E-state index contributed by atoms with van der Waals surface area (Å²) in [6.45, 7) is 12.5. The molecule has 0 saturated heterocycles. The second-order valence-electron chi connectivity index (χ2n) is 7.60. The first kappa shape index (κ1) is 12.4. The Morgan fingerprint density at radius 1 is 1.25 bits per heavy atom. The van der Waals surface area contributed by atoms with Crippen LogP contribution in [-0.4, -0.2) is 8.07 Å². The summed E-state index contributed by atoms with van der Waals surface area (Å²) < 4.78 is 0. The van der Waals surface area contributed by atoms with Crippen LogP contribution in [0.15, 0.2) is 11.1 Å². The summed E-state index contributed by atoms with van der Waals surface area (Å²) >= 11 is 0. The van der Waals surface area contributed by atoms with Crippen molar-refractivity contribution < 1.29 is 0 Å². The van der Waals surface area contributed by atoms with Crippen LogP contribution >= 0.6 is 0 Å². The molecule has 2 aliphatic rings. The van der Waals surface area contributed by atoms with Crippen LogP contribution in [-0.2, 0) is 0 Å². The maximum atomic E-state index is 2.54. The van der Waals surface area contributed by atoms with Gasteiger partial charge in [0.2, 0.25) is 0 Å². The van der Waals surface area contributed by atoms with Gasteiger partial charge in [-0.3, -0.25) is 0 Å². The van der Waals surface area contributed by atoms with E-state index in [1.165, 1.54) is 38.1 Å². The predicted molar refractivity (Wildman–Crippen MR) is 75.5 cm³/mol. The molecule has 0 aromatic heterocycles. The van der Waals surface area contributed by atoms with Gasteiger partial charge in [0.25, 0.3) is 0 Å². The second kappa shape index (κ2) is 4.01. The highest BCUT2D eigenvalue weighted by atomic mass is 28.3. The lowest BCUT2D eigenvalue weighted by molar-refractivity contribution is 0.286. The highest BCUT2D eigenvalue weighted by molar-refractivity contribution is 6.76. The molecule has 2 rings (SSSR count). The zero-order valence-electron chi connectivity index (χ0n) is 11.8. The summed E-state index contributed by atoms with van der Waals surface area (Å²) in [6, 6.07) is 1.51. The van der Waals surface area contributed by atoms with E-state index in [4.69, 9.17) is 0 Å². The Labute approximate surface area is 103 Å². The van der Waals surface area contributed by atoms with Gasteiger partial charge in [-0.25, -0.2) is 0 Å². The lowest BCUT2D eigenvalue weighted by atomic mass is 9.72. The fourth-order valence-electron chi connectivity index (χ4n) is 4.08. The van der Waals surface area contributed by atoms with Crippen molar-refractivity contribution in [1.82, 2.24) is 0 Å². The van der Waals surface area contributed by atoms with Gasteiger partial charge in [0, 0.05) is 8.07 Å². The fraction of sp³-hybridized carbons (Fsp3) is 0.867. The molecular formula is C15H28Si. The Bertz CT molecular complexity index is 308. The molecular weight excluding hydrogens is 208 g/mol. The van der Waals surface area contributed by atoms with Gasteiger partial charge in [-0.15, -0.1) is 0 Å². The summed E-state index contributed by atoms with van der Waals surface area (Å²) in [4.78, 5) is 0. The molecule has 0 aliphatic heterocycles. The number of fused-ring (bicyclic) bond motifs is 1. The van der Waals surface area contributed by atoms with Gasteiger partial charge in [-0.05, 0) is 43.9 Å². The van der Waals surface area contributed by atoms with Crippen molar-refractivity contribution in [3.63, 3.8) is 0 Å².